The lowest BCUT2D eigenvalue weighted by atomic mass is 10.1. The number of nitrogens with two attached hydrogens (primary N) is 1. The van der Waals surface area contributed by atoms with Crippen LogP contribution in [0.2, 0.25) is 0 Å². The van der Waals surface area contributed by atoms with Crippen LogP contribution in [0.4, 0.5) is 26.5 Å². The fourth-order valence-corrected chi connectivity index (χ4v) is 5.01. The van der Waals surface area contributed by atoms with Gasteiger partial charge in [-0.15, -0.1) is 0 Å². The Morgan fingerprint density at radius 1 is 0.765 bits per heavy atom. The Morgan fingerprint density at radius 2 is 1.21 bits per heavy atom. The standard InChI is InChI=1S/C21H25F2N7O4/c22-18(23)15-1-17(24)25-2-16(15)19-26-20(29-11-3-31-5-12(29)6-32-4-11)28-21(27-19)30-13-7-33-9-14(30)10-34-8-13/h1-2,11-14,18H,3-10H2,(H2,24,25). The smallest absolute Gasteiger partial charge is 0.264 e. The highest BCUT2D eigenvalue weighted by molar-refractivity contribution is 5.64. The molecule has 13 heteroatoms. The van der Waals surface area contributed by atoms with Gasteiger partial charge in [-0.25, -0.2) is 13.8 Å². The van der Waals surface area contributed by atoms with Gasteiger partial charge in [0.1, 0.15) is 5.82 Å². The van der Waals surface area contributed by atoms with Gasteiger partial charge in [-0.1, -0.05) is 0 Å². The second kappa shape index (κ2) is 8.80. The quantitative estimate of drug-likeness (QED) is 0.668. The molecule has 6 rings (SSSR count). The van der Waals surface area contributed by atoms with Crippen LogP contribution in [-0.4, -0.2) is 97.0 Å². The van der Waals surface area contributed by atoms with Gasteiger partial charge in [0.15, 0.2) is 5.82 Å². The first kappa shape index (κ1) is 21.8. The third-order valence-electron chi connectivity index (χ3n) is 6.56. The maximum Gasteiger partial charge on any atom is 0.264 e. The van der Waals surface area contributed by atoms with Crippen molar-refractivity contribution < 1.29 is 27.7 Å². The molecule has 4 fully saturated rings. The lowest BCUT2D eigenvalue weighted by molar-refractivity contribution is -0.0367. The Hall–Kier alpha value is -2.74. The van der Waals surface area contributed by atoms with Crippen molar-refractivity contribution in [2.45, 2.75) is 30.6 Å². The molecule has 0 radical (unpaired) electrons. The van der Waals surface area contributed by atoms with Crippen LogP contribution in [0.25, 0.3) is 11.4 Å². The minimum absolute atomic E-state index is 0.00766. The molecule has 2 aromatic rings. The van der Waals surface area contributed by atoms with Crippen LogP contribution in [0, 0.1) is 0 Å². The summed E-state index contributed by atoms with van der Waals surface area (Å²) >= 11 is 0. The number of pyridine rings is 1. The molecule has 0 atom stereocenters. The topological polar surface area (TPSA) is 121 Å². The van der Waals surface area contributed by atoms with E-state index in [0.717, 1.165) is 6.07 Å². The molecular weight excluding hydrogens is 452 g/mol. The summed E-state index contributed by atoms with van der Waals surface area (Å²) in [5.41, 5.74) is 5.54. The first-order valence-corrected chi connectivity index (χ1v) is 11.3. The van der Waals surface area contributed by atoms with Gasteiger partial charge in [-0.3, -0.25) is 0 Å². The van der Waals surface area contributed by atoms with Gasteiger partial charge < -0.3 is 34.5 Å². The normalized spacial score (nSPS) is 28.9. The van der Waals surface area contributed by atoms with Crippen LogP contribution in [0.15, 0.2) is 12.3 Å². The van der Waals surface area contributed by atoms with Crippen molar-refractivity contribution in [1.82, 2.24) is 19.9 Å². The zero-order chi connectivity index (χ0) is 23.2. The zero-order valence-corrected chi connectivity index (χ0v) is 18.3. The summed E-state index contributed by atoms with van der Waals surface area (Å²) < 4.78 is 50.7. The summed E-state index contributed by atoms with van der Waals surface area (Å²) in [5, 5.41) is 0. The third-order valence-corrected chi connectivity index (χ3v) is 6.56. The number of morpholine rings is 4. The van der Waals surface area contributed by atoms with E-state index in [1.54, 1.807) is 0 Å². The number of hydrogen-bond acceptors (Lipinski definition) is 11. The highest BCUT2D eigenvalue weighted by Gasteiger charge is 2.41. The molecule has 2 N–H and O–H groups in total. The molecule has 0 spiro atoms. The predicted octanol–water partition coefficient (Wildman–Crippen LogP) is 0.661. The van der Waals surface area contributed by atoms with E-state index in [-0.39, 0.29) is 46.9 Å². The molecule has 2 aromatic heterocycles. The van der Waals surface area contributed by atoms with Crippen LogP contribution >= 0.6 is 0 Å². The summed E-state index contributed by atoms with van der Waals surface area (Å²) in [4.78, 5) is 22.3. The molecular formula is C21H25F2N7O4. The van der Waals surface area contributed by atoms with Gasteiger partial charge in [0.2, 0.25) is 11.9 Å². The summed E-state index contributed by atoms with van der Waals surface area (Å²) in [6.45, 7) is 3.74. The molecule has 4 aliphatic heterocycles. The zero-order valence-electron chi connectivity index (χ0n) is 18.3. The summed E-state index contributed by atoms with van der Waals surface area (Å²) in [6.07, 6.45) is -1.47. The Balaban J connectivity index is 1.50. The first-order valence-electron chi connectivity index (χ1n) is 11.3. The van der Waals surface area contributed by atoms with E-state index in [9.17, 15) is 8.78 Å². The van der Waals surface area contributed by atoms with E-state index < -0.39 is 6.43 Å². The lowest BCUT2D eigenvalue weighted by Crippen LogP contribution is -2.61. The number of rotatable bonds is 4. The monoisotopic (exact) mass is 477 g/mol. The molecule has 0 aromatic carbocycles. The average Bonchev–Trinajstić information content (AvgIpc) is 2.82. The number of fused-ring (bicyclic) bond motifs is 4. The maximum absolute atomic E-state index is 13.9. The SMILES string of the molecule is Nc1cc(C(F)F)c(-c2nc(N3C4COCC3COC4)nc(N3C4COCC3COC4)n2)cn1. The maximum atomic E-state index is 13.9. The Bertz CT molecular complexity index is 970. The van der Waals surface area contributed by atoms with E-state index in [1.165, 1.54) is 6.20 Å². The predicted molar refractivity (Wildman–Crippen MR) is 116 cm³/mol. The van der Waals surface area contributed by atoms with Gasteiger partial charge in [0.05, 0.1) is 77.0 Å². The van der Waals surface area contributed by atoms with Gasteiger partial charge in [0.25, 0.3) is 6.43 Å². The molecule has 182 valence electrons. The van der Waals surface area contributed by atoms with Crippen LogP contribution in [0.3, 0.4) is 0 Å². The number of ether oxygens (including phenoxy) is 4. The fourth-order valence-electron chi connectivity index (χ4n) is 5.01. The van der Waals surface area contributed by atoms with Crippen molar-refractivity contribution in [3.8, 4) is 11.4 Å². The van der Waals surface area contributed by atoms with Crippen molar-refractivity contribution >= 4 is 17.7 Å². The summed E-state index contributed by atoms with van der Waals surface area (Å²) in [5.74, 6) is 0.945. The number of aromatic nitrogens is 4. The lowest BCUT2D eigenvalue weighted by Gasteiger charge is -2.47. The molecule has 6 heterocycles. The number of halogens is 2. The molecule has 0 aliphatic carbocycles. The number of hydrogen-bond donors (Lipinski definition) is 1. The van der Waals surface area contributed by atoms with Crippen molar-refractivity contribution in [2.24, 2.45) is 0 Å². The number of alkyl halides is 2. The molecule has 4 saturated heterocycles. The Labute approximate surface area is 194 Å². The van der Waals surface area contributed by atoms with E-state index in [0.29, 0.717) is 64.8 Å². The van der Waals surface area contributed by atoms with Crippen molar-refractivity contribution in [1.29, 1.82) is 0 Å². The van der Waals surface area contributed by atoms with Crippen LogP contribution in [-0.2, 0) is 18.9 Å². The molecule has 4 aliphatic rings. The van der Waals surface area contributed by atoms with E-state index in [1.807, 2.05) is 0 Å². The van der Waals surface area contributed by atoms with Crippen molar-refractivity contribution in [3.05, 3.63) is 17.8 Å². The molecule has 34 heavy (non-hydrogen) atoms. The number of nitrogen functional groups attached to an aromatic ring is 1. The summed E-state index contributed by atoms with van der Waals surface area (Å²) in [7, 11) is 0. The second-order valence-corrected chi connectivity index (χ2v) is 8.84. The largest absolute Gasteiger partial charge is 0.384 e. The molecule has 0 unspecified atom stereocenters. The highest BCUT2D eigenvalue weighted by atomic mass is 19.3. The Kier molecular flexibility index (Phi) is 5.63. The van der Waals surface area contributed by atoms with Crippen LogP contribution in [0.5, 0.6) is 0 Å². The summed E-state index contributed by atoms with van der Waals surface area (Å²) in [6, 6.07) is 0.839. The fraction of sp³-hybridized carbons (Fsp3) is 0.619. The minimum Gasteiger partial charge on any atom is -0.384 e. The van der Waals surface area contributed by atoms with E-state index in [4.69, 9.17) is 29.7 Å². The molecule has 0 saturated carbocycles. The van der Waals surface area contributed by atoms with Gasteiger partial charge >= 0.3 is 0 Å². The number of anilines is 3. The second-order valence-electron chi connectivity index (χ2n) is 8.84. The van der Waals surface area contributed by atoms with Gasteiger partial charge in [0, 0.05) is 17.3 Å². The van der Waals surface area contributed by atoms with Crippen LogP contribution in [0.1, 0.15) is 12.0 Å². The van der Waals surface area contributed by atoms with E-state index in [2.05, 4.69) is 24.8 Å². The van der Waals surface area contributed by atoms with E-state index >= 15 is 0 Å². The molecule has 0 amide bonds. The van der Waals surface area contributed by atoms with Gasteiger partial charge in [-0.2, -0.15) is 15.0 Å². The van der Waals surface area contributed by atoms with Gasteiger partial charge in [-0.05, 0) is 6.07 Å². The highest BCUT2D eigenvalue weighted by Crippen LogP contribution is 2.34. The molecule has 4 bridgehead atoms. The van der Waals surface area contributed by atoms with Crippen LogP contribution < -0.4 is 15.5 Å². The minimum atomic E-state index is -2.77. The Morgan fingerprint density at radius 3 is 1.62 bits per heavy atom. The van der Waals surface area contributed by atoms with Crippen molar-refractivity contribution in [3.63, 3.8) is 0 Å². The first-order chi connectivity index (χ1) is 16.6. The third kappa shape index (κ3) is 3.82. The molecule has 11 nitrogen and oxygen atoms in total. The van der Waals surface area contributed by atoms with Crippen molar-refractivity contribution in [2.75, 3.05) is 68.4 Å². The number of nitrogens with zero attached hydrogens (tertiary/aromatic N) is 6. The average molecular weight is 477 g/mol.